The highest BCUT2D eigenvalue weighted by Gasteiger charge is 2.07. The maximum atomic E-state index is 6.05. The number of anilines is 2. The van der Waals surface area contributed by atoms with Crippen LogP contribution in [0.15, 0.2) is 48.5 Å². The summed E-state index contributed by atoms with van der Waals surface area (Å²) in [6.45, 7) is 4.06. The van der Waals surface area contributed by atoms with E-state index >= 15 is 0 Å². The van der Waals surface area contributed by atoms with Crippen LogP contribution in [0.4, 0.5) is 11.4 Å². The Morgan fingerprint density at radius 1 is 1.05 bits per heavy atom. The smallest absolute Gasteiger partial charge is 0.118 e. The van der Waals surface area contributed by atoms with Crippen LogP contribution in [0.2, 0.25) is 0 Å². The number of nitrogen functional groups attached to an aromatic ring is 1. The number of rotatable bonds is 6. The molecule has 106 valence electrons. The minimum atomic E-state index is 0.837. The molecule has 0 aliphatic carbocycles. The minimum Gasteiger partial charge on any atom is -0.497 e. The first-order chi connectivity index (χ1) is 9.74. The third-order valence-corrected chi connectivity index (χ3v) is 3.49. The molecule has 0 heterocycles. The van der Waals surface area contributed by atoms with Crippen LogP contribution in [-0.4, -0.2) is 20.2 Å². The van der Waals surface area contributed by atoms with Gasteiger partial charge in [-0.2, -0.15) is 0 Å². The van der Waals surface area contributed by atoms with Crippen LogP contribution in [0.5, 0.6) is 5.75 Å². The summed E-state index contributed by atoms with van der Waals surface area (Å²) in [5.41, 5.74) is 9.30. The summed E-state index contributed by atoms with van der Waals surface area (Å²) >= 11 is 0. The van der Waals surface area contributed by atoms with Crippen molar-refractivity contribution in [3.63, 3.8) is 0 Å². The quantitative estimate of drug-likeness (QED) is 0.818. The molecule has 3 heteroatoms. The fourth-order valence-corrected chi connectivity index (χ4v) is 2.28. The van der Waals surface area contributed by atoms with Crippen LogP contribution < -0.4 is 15.4 Å². The second-order valence-corrected chi connectivity index (χ2v) is 4.74. The Hall–Kier alpha value is -2.16. The predicted molar refractivity (Wildman–Crippen MR) is 85.4 cm³/mol. The molecule has 20 heavy (non-hydrogen) atoms. The molecule has 0 amide bonds. The van der Waals surface area contributed by atoms with Crippen molar-refractivity contribution in [3.05, 3.63) is 54.1 Å². The average Bonchev–Trinajstić information content (AvgIpc) is 2.50. The molecule has 3 nitrogen and oxygen atoms in total. The first-order valence-electron chi connectivity index (χ1n) is 6.97. The lowest BCUT2D eigenvalue weighted by Gasteiger charge is -2.24. The molecule has 0 aliphatic heterocycles. The van der Waals surface area contributed by atoms with Crippen molar-refractivity contribution in [1.29, 1.82) is 0 Å². The third kappa shape index (κ3) is 3.44. The Labute approximate surface area is 121 Å². The second-order valence-electron chi connectivity index (χ2n) is 4.74. The number of benzene rings is 2. The molecule has 0 radical (unpaired) electrons. The van der Waals surface area contributed by atoms with Gasteiger partial charge in [-0.3, -0.25) is 0 Å². The van der Waals surface area contributed by atoms with E-state index in [1.165, 1.54) is 5.56 Å². The highest BCUT2D eigenvalue weighted by Crippen LogP contribution is 2.22. The Kier molecular flexibility index (Phi) is 4.88. The Bertz CT molecular complexity index is 537. The summed E-state index contributed by atoms with van der Waals surface area (Å²) in [7, 11) is 1.69. The maximum Gasteiger partial charge on any atom is 0.118 e. The molecule has 0 saturated heterocycles. The first-order valence-corrected chi connectivity index (χ1v) is 6.97. The molecular weight excluding hydrogens is 248 g/mol. The van der Waals surface area contributed by atoms with E-state index in [4.69, 9.17) is 10.5 Å². The molecule has 0 aromatic heterocycles. The van der Waals surface area contributed by atoms with Gasteiger partial charge >= 0.3 is 0 Å². The molecule has 0 bridgehead atoms. The zero-order chi connectivity index (χ0) is 14.4. The molecule has 2 N–H and O–H groups in total. The Morgan fingerprint density at radius 3 is 2.35 bits per heavy atom. The van der Waals surface area contributed by atoms with Crippen molar-refractivity contribution in [1.82, 2.24) is 0 Å². The Morgan fingerprint density at radius 2 is 1.75 bits per heavy atom. The monoisotopic (exact) mass is 270 g/mol. The van der Waals surface area contributed by atoms with Crippen LogP contribution in [-0.2, 0) is 6.42 Å². The van der Waals surface area contributed by atoms with Gasteiger partial charge in [0.25, 0.3) is 0 Å². The van der Waals surface area contributed by atoms with E-state index in [0.29, 0.717) is 0 Å². The standard InChI is InChI=1S/C17H22N2O/c1-3-19(17-7-5-4-6-16(17)18)13-12-14-8-10-15(20-2)11-9-14/h4-11H,3,12-13,18H2,1-2H3. The molecule has 0 atom stereocenters. The van der Waals surface area contributed by atoms with Gasteiger partial charge in [-0.25, -0.2) is 0 Å². The number of ether oxygens (including phenoxy) is 1. The molecular formula is C17H22N2O. The van der Waals surface area contributed by atoms with E-state index < -0.39 is 0 Å². The number of methoxy groups -OCH3 is 1. The number of nitrogens with two attached hydrogens (primary N) is 1. The number of likely N-dealkylation sites (N-methyl/N-ethyl adjacent to an activating group) is 1. The summed E-state index contributed by atoms with van der Waals surface area (Å²) in [6, 6.07) is 16.3. The van der Waals surface area contributed by atoms with E-state index in [0.717, 1.165) is 36.6 Å². The molecule has 0 aliphatic rings. The van der Waals surface area contributed by atoms with Crippen molar-refractivity contribution < 1.29 is 4.74 Å². The van der Waals surface area contributed by atoms with Crippen molar-refractivity contribution in [3.8, 4) is 5.75 Å². The number of hydrogen-bond acceptors (Lipinski definition) is 3. The van der Waals surface area contributed by atoms with Gasteiger partial charge in [0.1, 0.15) is 5.75 Å². The summed E-state index contributed by atoms with van der Waals surface area (Å²) in [5.74, 6) is 0.897. The lowest BCUT2D eigenvalue weighted by atomic mass is 10.1. The van der Waals surface area contributed by atoms with E-state index in [1.807, 2.05) is 30.3 Å². The van der Waals surface area contributed by atoms with Crippen LogP contribution >= 0.6 is 0 Å². The topological polar surface area (TPSA) is 38.5 Å². The number of nitrogens with zero attached hydrogens (tertiary/aromatic N) is 1. The van der Waals surface area contributed by atoms with Crippen molar-refractivity contribution in [2.45, 2.75) is 13.3 Å². The fraction of sp³-hybridized carbons (Fsp3) is 0.294. The van der Waals surface area contributed by atoms with Gasteiger partial charge in [0.15, 0.2) is 0 Å². The minimum absolute atomic E-state index is 0.837. The summed E-state index contributed by atoms with van der Waals surface area (Å²) < 4.78 is 5.17. The third-order valence-electron chi connectivity index (χ3n) is 3.49. The van der Waals surface area contributed by atoms with E-state index in [-0.39, 0.29) is 0 Å². The molecule has 2 aromatic carbocycles. The zero-order valence-electron chi connectivity index (χ0n) is 12.2. The molecule has 2 aromatic rings. The van der Waals surface area contributed by atoms with Crippen molar-refractivity contribution in [2.75, 3.05) is 30.8 Å². The molecule has 0 fully saturated rings. The normalized spacial score (nSPS) is 10.3. The lowest BCUT2D eigenvalue weighted by molar-refractivity contribution is 0.414. The summed E-state index contributed by atoms with van der Waals surface area (Å²) in [6.07, 6.45) is 0.992. The largest absolute Gasteiger partial charge is 0.497 e. The molecule has 0 spiro atoms. The predicted octanol–water partition coefficient (Wildman–Crippen LogP) is 3.35. The van der Waals surface area contributed by atoms with Gasteiger partial charge in [0.05, 0.1) is 18.5 Å². The van der Waals surface area contributed by atoms with E-state index in [2.05, 4.69) is 30.0 Å². The van der Waals surface area contributed by atoms with Crippen LogP contribution in [0, 0.1) is 0 Å². The maximum absolute atomic E-state index is 6.05. The van der Waals surface area contributed by atoms with Gasteiger partial charge in [-0.1, -0.05) is 24.3 Å². The van der Waals surface area contributed by atoms with Gasteiger partial charge in [-0.05, 0) is 43.2 Å². The van der Waals surface area contributed by atoms with Crippen molar-refractivity contribution in [2.24, 2.45) is 0 Å². The zero-order valence-corrected chi connectivity index (χ0v) is 12.2. The van der Waals surface area contributed by atoms with Gasteiger partial charge in [-0.15, -0.1) is 0 Å². The van der Waals surface area contributed by atoms with Gasteiger partial charge in [0.2, 0.25) is 0 Å². The lowest BCUT2D eigenvalue weighted by Crippen LogP contribution is -2.26. The molecule has 0 saturated carbocycles. The fourth-order valence-electron chi connectivity index (χ4n) is 2.28. The van der Waals surface area contributed by atoms with Crippen molar-refractivity contribution >= 4 is 11.4 Å². The summed E-state index contributed by atoms with van der Waals surface area (Å²) in [4.78, 5) is 2.31. The second kappa shape index (κ2) is 6.85. The number of para-hydroxylation sites is 2. The van der Waals surface area contributed by atoms with E-state index in [9.17, 15) is 0 Å². The van der Waals surface area contributed by atoms with Crippen LogP contribution in [0.1, 0.15) is 12.5 Å². The highest BCUT2D eigenvalue weighted by molar-refractivity contribution is 5.67. The van der Waals surface area contributed by atoms with Crippen LogP contribution in [0.25, 0.3) is 0 Å². The molecule has 0 unspecified atom stereocenters. The van der Waals surface area contributed by atoms with Gasteiger partial charge in [0, 0.05) is 13.1 Å². The highest BCUT2D eigenvalue weighted by atomic mass is 16.5. The number of hydrogen-bond donors (Lipinski definition) is 1. The first kappa shape index (κ1) is 14.3. The SMILES string of the molecule is CCN(CCc1ccc(OC)cc1)c1ccccc1N. The van der Waals surface area contributed by atoms with E-state index in [1.54, 1.807) is 7.11 Å². The molecule has 2 rings (SSSR count). The van der Waals surface area contributed by atoms with Gasteiger partial charge < -0.3 is 15.4 Å². The summed E-state index contributed by atoms with van der Waals surface area (Å²) in [5, 5.41) is 0. The van der Waals surface area contributed by atoms with Crippen LogP contribution in [0.3, 0.4) is 0 Å². The average molecular weight is 270 g/mol. The Balaban J connectivity index is 2.02.